The van der Waals surface area contributed by atoms with Gasteiger partial charge in [-0.05, 0) is 53.9 Å². The molecule has 2 fully saturated rings. The highest BCUT2D eigenvalue weighted by atomic mass is 16.5. The average molecular weight is 268 g/mol. The van der Waals surface area contributed by atoms with Crippen molar-refractivity contribution in [1.29, 1.82) is 0 Å². The van der Waals surface area contributed by atoms with Crippen molar-refractivity contribution in [3.05, 3.63) is 0 Å². The number of carbonyl (C=O) groups is 1. The number of hydrogen-bond acceptors (Lipinski definition) is 3. The Hall–Kier alpha value is -0.410. The second kappa shape index (κ2) is 4.56. The molecule has 3 nitrogen and oxygen atoms in total. The van der Waals surface area contributed by atoms with E-state index in [2.05, 4.69) is 27.7 Å². The Morgan fingerprint density at radius 3 is 2.00 bits per heavy atom. The summed E-state index contributed by atoms with van der Waals surface area (Å²) in [4.78, 5) is 13.0. The molecule has 3 heteroatoms. The van der Waals surface area contributed by atoms with Crippen LogP contribution in [0.2, 0.25) is 0 Å². The fraction of sp³-hybridized carbons (Fsp3) is 0.938. The highest BCUT2D eigenvalue weighted by Gasteiger charge is 2.53. The van der Waals surface area contributed by atoms with Gasteiger partial charge >= 0.3 is 0 Å². The summed E-state index contributed by atoms with van der Waals surface area (Å²) in [5.74, 6) is 0.616. The van der Waals surface area contributed by atoms with Gasteiger partial charge in [0.1, 0.15) is 5.78 Å². The fourth-order valence-corrected chi connectivity index (χ4v) is 3.99. The smallest absolute Gasteiger partial charge is 0.144 e. The summed E-state index contributed by atoms with van der Waals surface area (Å²) in [5, 5.41) is 0. The Balaban J connectivity index is 2.21. The molecule has 0 aromatic rings. The van der Waals surface area contributed by atoms with Crippen LogP contribution in [0.3, 0.4) is 0 Å². The Morgan fingerprint density at radius 2 is 1.63 bits per heavy atom. The predicted molar refractivity (Wildman–Crippen MR) is 75.0 cm³/mol. The zero-order chi connectivity index (χ0) is 14.6. The highest BCUT2D eigenvalue weighted by molar-refractivity contribution is 5.86. The number of ketones is 1. The van der Waals surface area contributed by atoms with Crippen molar-refractivity contribution in [1.82, 2.24) is 0 Å². The number of carbonyl (C=O) groups excluding carboxylic acids is 1. The first-order valence-corrected chi connectivity index (χ1v) is 7.44. The molecule has 2 saturated heterocycles. The molecule has 0 aliphatic carbocycles. The third-order valence-corrected chi connectivity index (χ3v) is 4.99. The third kappa shape index (κ3) is 2.59. The molecule has 2 aliphatic heterocycles. The molecule has 2 rings (SSSR count). The van der Waals surface area contributed by atoms with Gasteiger partial charge < -0.3 is 9.47 Å². The Labute approximate surface area is 117 Å². The van der Waals surface area contributed by atoms with Crippen LogP contribution in [-0.2, 0) is 14.3 Å². The van der Waals surface area contributed by atoms with Crippen molar-refractivity contribution in [2.75, 3.05) is 0 Å². The second-order valence-electron chi connectivity index (χ2n) is 7.56. The van der Waals surface area contributed by atoms with Crippen LogP contribution in [0, 0.1) is 17.8 Å². The van der Waals surface area contributed by atoms with Crippen molar-refractivity contribution in [3.8, 4) is 0 Å². The Bertz CT molecular complexity index is 372. The third-order valence-electron chi connectivity index (χ3n) is 4.99. The van der Waals surface area contributed by atoms with E-state index in [0.717, 1.165) is 6.42 Å². The van der Waals surface area contributed by atoms with E-state index in [4.69, 9.17) is 9.47 Å². The highest BCUT2D eigenvalue weighted by Crippen LogP contribution is 2.46. The summed E-state index contributed by atoms with van der Waals surface area (Å²) >= 11 is 0. The summed E-state index contributed by atoms with van der Waals surface area (Å²) in [6.45, 7) is 14.4. The lowest BCUT2D eigenvalue weighted by Crippen LogP contribution is -2.40. The Morgan fingerprint density at radius 1 is 1.05 bits per heavy atom. The molecule has 5 unspecified atom stereocenters. The minimum Gasteiger partial charge on any atom is -0.375 e. The second-order valence-corrected chi connectivity index (χ2v) is 7.56. The topological polar surface area (TPSA) is 35.5 Å². The van der Waals surface area contributed by atoms with Gasteiger partial charge in [0.15, 0.2) is 0 Å². The van der Waals surface area contributed by atoms with E-state index in [-0.39, 0.29) is 35.2 Å². The minimum absolute atomic E-state index is 0.0109. The van der Waals surface area contributed by atoms with Crippen molar-refractivity contribution in [2.24, 2.45) is 17.8 Å². The van der Waals surface area contributed by atoms with Crippen molar-refractivity contribution in [2.45, 2.75) is 78.3 Å². The first kappa shape index (κ1) is 15.0. The standard InChI is InChI=1S/C16H28O3/c1-9-10(2)18-11(3)13(9)14(17)12-8-15(4,5)19-16(12,6)7/h9-13H,8H2,1-7H3. The van der Waals surface area contributed by atoms with Crippen LogP contribution in [0.15, 0.2) is 0 Å². The lowest BCUT2D eigenvalue weighted by Gasteiger charge is -2.29. The molecule has 0 bridgehead atoms. The van der Waals surface area contributed by atoms with Gasteiger partial charge in [0.2, 0.25) is 0 Å². The lowest BCUT2D eigenvalue weighted by atomic mass is 9.74. The molecular formula is C16H28O3. The predicted octanol–water partition coefficient (Wildman–Crippen LogP) is 3.21. The van der Waals surface area contributed by atoms with Gasteiger partial charge in [-0.3, -0.25) is 4.79 Å². The van der Waals surface area contributed by atoms with E-state index < -0.39 is 0 Å². The molecule has 0 N–H and O–H groups in total. The van der Waals surface area contributed by atoms with E-state index in [1.54, 1.807) is 0 Å². The summed E-state index contributed by atoms with van der Waals surface area (Å²) in [6.07, 6.45) is 1.00. The number of ether oxygens (including phenoxy) is 2. The van der Waals surface area contributed by atoms with Gasteiger partial charge in [-0.15, -0.1) is 0 Å². The van der Waals surface area contributed by atoms with Crippen LogP contribution < -0.4 is 0 Å². The molecular weight excluding hydrogens is 240 g/mol. The summed E-state index contributed by atoms with van der Waals surface area (Å²) in [5.41, 5.74) is -0.576. The van der Waals surface area contributed by atoms with E-state index in [0.29, 0.717) is 11.7 Å². The van der Waals surface area contributed by atoms with Gasteiger partial charge in [0.25, 0.3) is 0 Å². The van der Waals surface area contributed by atoms with Gasteiger partial charge in [-0.2, -0.15) is 0 Å². The zero-order valence-electron chi connectivity index (χ0n) is 13.3. The average Bonchev–Trinajstić information content (AvgIpc) is 2.60. The normalized spacial score (nSPS) is 44.5. The van der Waals surface area contributed by atoms with Crippen LogP contribution >= 0.6 is 0 Å². The molecule has 0 aromatic carbocycles. The van der Waals surface area contributed by atoms with Crippen LogP contribution in [0.1, 0.15) is 54.9 Å². The first-order valence-electron chi connectivity index (χ1n) is 7.44. The molecule has 2 heterocycles. The quantitative estimate of drug-likeness (QED) is 0.771. The summed E-state index contributed by atoms with van der Waals surface area (Å²) in [6, 6.07) is 0. The lowest BCUT2D eigenvalue weighted by molar-refractivity contribution is -0.135. The van der Waals surface area contributed by atoms with Crippen molar-refractivity contribution in [3.63, 3.8) is 0 Å². The van der Waals surface area contributed by atoms with Gasteiger partial charge in [-0.1, -0.05) is 6.92 Å². The maximum atomic E-state index is 13.0. The largest absolute Gasteiger partial charge is 0.375 e. The number of Topliss-reactive ketones (excluding diaryl/α,β-unsaturated/α-hetero) is 1. The first-order chi connectivity index (χ1) is 8.55. The van der Waals surface area contributed by atoms with Crippen molar-refractivity contribution >= 4 is 5.78 Å². The fourth-order valence-electron chi connectivity index (χ4n) is 3.99. The van der Waals surface area contributed by atoms with Gasteiger partial charge in [0, 0.05) is 11.8 Å². The van der Waals surface area contributed by atoms with E-state index in [1.807, 2.05) is 20.8 Å². The molecule has 110 valence electrons. The van der Waals surface area contributed by atoms with Gasteiger partial charge in [0.05, 0.1) is 23.4 Å². The molecule has 2 aliphatic rings. The minimum atomic E-state index is -0.369. The maximum absolute atomic E-state index is 13.0. The molecule has 0 saturated carbocycles. The molecule has 0 radical (unpaired) electrons. The summed E-state index contributed by atoms with van der Waals surface area (Å²) < 4.78 is 11.9. The van der Waals surface area contributed by atoms with Crippen molar-refractivity contribution < 1.29 is 14.3 Å². The number of hydrogen-bond donors (Lipinski definition) is 0. The van der Waals surface area contributed by atoms with Crippen LogP contribution in [0.25, 0.3) is 0 Å². The van der Waals surface area contributed by atoms with Crippen LogP contribution in [-0.4, -0.2) is 29.2 Å². The van der Waals surface area contributed by atoms with E-state index in [9.17, 15) is 4.79 Å². The van der Waals surface area contributed by atoms with E-state index >= 15 is 0 Å². The van der Waals surface area contributed by atoms with Crippen LogP contribution in [0.5, 0.6) is 0 Å². The summed E-state index contributed by atoms with van der Waals surface area (Å²) in [7, 11) is 0. The SMILES string of the molecule is CC1OC(C)C(C(=O)C2CC(C)(C)OC2(C)C)C1C. The monoisotopic (exact) mass is 268 g/mol. The number of rotatable bonds is 2. The zero-order valence-corrected chi connectivity index (χ0v) is 13.3. The van der Waals surface area contributed by atoms with Gasteiger partial charge in [-0.25, -0.2) is 0 Å². The van der Waals surface area contributed by atoms with E-state index in [1.165, 1.54) is 0 Å². The molecule has 5 atom stereocenters. The molecule has 0 spiro atoms. The molecule has 0 aromatic heterocycles. The van der Waals surface area contributed by atoms with Crippen LogP contribution in [0.4, 0.5) is 0 Å². The maximum Gasteiger partial charge on any atom is 0.144 e. The molecule has 19 heavy (non-hydrogen) atoms. The Kier molecular flexibility index (Phi) is 3.60. The molecule has 0 amide bonds.